The molecule has 0 radical (unpaired) electrons. The van der Waals surface area contributed by atoms with E-state index in [0.717, 1.165) is 25.1 Å². The van der Waals surface area contributed by atoms with Crippen LogP contribution in [0.5, 0.6) is 5.75 Å². The first kappa shape index (κ1) is 15.4. The molecular formula is C19H24NOS+. The number of ether oxygens (including phenoxy) is 1. The van der Waals surface area contributed by atoms with Crippen LogP contribution in [0.15, 0.2) is 59.5 Å². The Morgan fingerprint density at radius 2 is 1.68 bits per heavy atom. The van der Waals surface area contributed by atoms with E-state index < -0.39 is 0 Å². The Morgan fingerprint density at radius 1 is 1.00 bits per heavy atom. The minimum atomic E-state index is 0.375. The summed E-state index contributed by atoms with van der Waals surface area (Å²) in [6, 6.07) is 19.2. The van der Waals surface area contributed by atoms with Crippen molar-refractivity contribution in [2.75, 3.05) is 19.3 Å². The Kier molecular flexibility index (Phi) is 5.41. The van der Waals surface area contributed by atoms with Gasteiger partial charge in [0.1, 0.15) is 18.4 Å². The molecule has 0 saturated carbocycles. The topological polar surface area (TPSA) is 13.7 Å². The second kappa shape index (κ2) is 7.70. The molecule has 0 unspecified atom stereocenters. The number of thioether (sulfide) groups is 1. The molecule has 3 heteroatoms. The number of hydrogen-bond acceptors (Lipinski definition) is 2. The zero-order chi connectivity index (χ0) is 15.2. The Hall–Kier alpha value is -1.45. The summed E-state index contributed by atoms with van der Waals surface area (Å²) in [6.07, 6.45) is 4.76. The second-order valence-electron chi connectivity index (χ2n) is 5.91. The first-order chi connectivity index (χ1) is 10.8. The quantitative estimate of drug-likeness (QED) is 0.853. The fourth-order valence-electron chi connectivity index (χ4n) is 3.03. The van der Waals surface area contributed by atoms with E-state index in [2.05, 4.69) is 60.9 Å². The van der Waals surface area contributed by atoms with E-state index in [4.69, 9.17) is 4.74 Å². The lowest BCUT2D eigenvalue weighted by Gasteiger charge is -2.29. The summed E-state index contributed by atoms with van der Waals surface area (Å²) in [5.74, 6) is 1.01. The van der Waals surface area contributed by atoms with E-state index >= 15 is 0 Å². The van der Waals surface area contributed by atoms with Crippen molar-refractivity contribution in [2.45, 2.75) is 30.4 Å². The van der Waals surface area contributed by atoms with Crippen LogP contribution < -0.4 is 9.64 Å². The molecule has 1 aliphatic rings. The Bertz CT molecular complexity index is 562. The van der Waals surface area contributed by atoms with Crippen LogP contribution in [0.3, 0.4) is 0 Å². The third-order valence-corrected chi connectivity index (χ3v) is 5.04. The largest absolute Gasteiger partial charge is 0.490 e. The van der Waals surface area contributed by atoms with Gasteiger partial charge in [-0.2, -0.15) is 0 Å². The van der Waals surface area contributed by atoms with Crippen LogP contribution >= 0.6 is 11.8 Å². The highest BCUT2D eigenvalue weighted by Crippen LogP contribution is 2.21. The molecule has 1 fully saturated rings. The number of benzene rings is 2. The van der Waals surface area contributed by atoms with Crippen LogP contribution in [0.1, 0.15) is 18.4 Å². The maximum atomic E-state index is 6.13. The van der Waals surface area contributed by atoms with Crippen molar-refractivity contribution in [3.05, 3.63) is 60.2 Å². The monoisotopic (exact) mass is 314 g/mol. The summed E-state index contributed by atoms with van der Waals surface area (Å²) >= 11 is 1.77. The third-order valence-electron chi connectivity index (χ3n) is 4.30. The van der Waals surface area contributed by atoms with Gasteiger partial charge in [0, 0.05) is 23.3 Å². The summed E-state index contributed by atoms with van der Waals surface area (Å²) in [5.41, 5.74) is 1.43. The Labute approximate surface area is 137 Å². The van der Waals surface area contributed by atoms with E-state index in [1.807, 2.05) is 0 Å². The fourth-order valence-corrected chi connectivity index (χ4v) is 3.43. The van der Waals surface area contributed by atoms with Crippen LogP contribution in [0.25, 0.3) is 0 Å². The zero-order valence-electron chi connectivity index (χ0n) is 13.1. The van der Waals surface area contributed by atoms with E-state index in [1.165, 1.54) is 23.5 Å². The molecule has 0 atom stereocenters. The average molecular weight is 314 g/mol. The van der Waals surface area contributed by atoms with Gasteiger partial charge in [0.05, 0.1) is 13.1 Å². The smallest absolute Gasteiger partial charge is 0.119 e. The average Bonchev–Trinajstić information content (AvgIpc) is 2.58. The van der Waals surface area contributed by atoms with Gasteiger partial charge in [0.15, 0.2) is 0 Å². The number of nitrogens with one attached hydrogen (secondary N) is 1. The molecule has 2 aromatic carbocycles. The van der Waals surface area contributed by atoms with E-state index in [9.17, 15) is 0 Å². The van der Waals surface area contributed by atoms with Crippen molar-refractivity contribution in [2.24, 2.45) is 0 Å². The molecule has 0 aromatic heterocycles. The van der Waals surface area contributed by atoms with E-state index in [0.29, 0.717) is 6.10 Å². The fraction of sp³-hybridized carbons (Fsp3) is 0.368. The van der Waals surface area contributed by atoms with Crippen LogP contribution in [-0.4, -0.2) is 25.4 Å². The van der Waals surface area contributed by atoms with Crippen LogP contribution in [-0.2, 0) is 6.54 Å². The molecule has 0 bridgehead atoms. The molecule has 1 heterocycles. The highest BCUT2D eigenvalue weighted by molar-refractivity contribution is 7.98. The maximum absolute atomic E-state index is 6.13. The number of quaternary nitrogens is 1. The lowest BCUT2D eigenvalue weighted by molar-refractivity contribution is -0.919. The van der Waals surface area contributed by atoms with Crippen molar-refractivity contribution in [3.8, 4) is 5.75 Å². The SMILES string of the molecule is CSc1ccc(OC2CC[NH+](Cc3ccccc3)CC2)cc1. The minimum absolute atomic E-state index is 0.375. The molecule has 116 valence electrons. The van der Waals surface area contributed by atoms with Gasteiger partial charge in [0.25, 0.3) is 0 Å². The number of hydrogen-bond donors (Lipinski definition) is 1. The zero-order valence-corrected chi connectivity index (χ0v) is 13.9. The minimum Gasteiger partial charge on any atom is -0.490 e. The normalized spacial score (nSPS) is 21.5. The standard InChI is InChI=1S/C19H23NOS/c1-22-19-9-7-17(8-10-19)21-18-11-13-20(14-12-18)15-16-5-3-2-4-6-16/h2-10,18H,11-15H2,1H3/p+1. The summed E-state index contributed by atoms with van der Waals surface area (Å²) < 4.78 is 6.13. The lowest BCUT2D eigenvalue weighted by atomic mass is 10.1. The van der Waals surface area contributed by atoms with Crippen molar-refractivity contribution in [1.29, 1.82) is 0 Å². The number of rotatable bonds is 5. The summed E-state index contributed by atoms with van der Waals surface area (Å²) in [6.45, 7) is 3.53. The number of piperidine rings is 1. The second-order valence-corrected chi connectivity index (χ2v) is 6.78. The van der Waals surface area contributed by atoms with Gasteiger partial charge in [-0.3, -0.25) is 0 Å². The molecular weight excluding hydrogens is 290 g/mol. The Balaban J connectivity index is 1.47. The van der Waals surface area contributed by atoms with E-state index in [1.54, 1.807) is 16.7 Å². The predicted molar refractivity (Wildman–Crippen MR) is 92.7 cm³/mol. The molecule has 2 nitrogen and oxygen atoms in total. The highest BCUT2D eigenvalue weighted by atomic mass is 32.2. The van der Waals surface area contributed by atoms with Crippen molar-refractivity contribution < 1.29 is 9.64 Å². The van der Waals surface area contributed by atoms with Crippen molar-refractivity contribution in [3.63, 3.8) is 0 Å². The van der Waals surface area contributed by atoms with Crippen molar-refractivity contribution in [1.82, 2.24) is 0 Å². The molecule has 3 rings (SSSR count). The van der Waals surface area contributed by atoms with Gasteiger partial charge < -0.3 is 9.64 Å². The maximum Gasteiger partial charge on any atom is 0.119 e. The third kappa shape index (κ3) is 4.28. The molecule has 0 spiro atoms. The lowest BCUT2D eigenvalue weighted by Crippen LogP contribution is -3.12. The van der Waals surface area contributed by atoms with E-state index in [-0.39, 0.29) is 0 Å². The highest BCUT2D eigenvalue weighted by Gasteiger charge is 2.23. The van der Waals surface area contributed by atoms with Crippen LogP contribution in [0.2, 0.25) is 0 Å². The van der Waals surface area contributed by atoms with Gasteiger partial charge in [0.2, 0.25) is 0 Å². The molecule has 1 saturated heterocycles. The Morgan fingerprint density at radius 3 is 2.32 bits per heavy atom. The molecule has 0 aliphatic carbocycles. The number of likely N-dealkylation sites (tertiary alicyclic amines) is 1. The van der Waals surface area contributed by atoms with Gasteiger partial charge in [-0.1, -0.05) is 30.3 Å². The van der Waals surface area contributed by atoms with Crippen LogP contribution in [0, 0.1) is 0 Å². The summed E-state index contributed by atoms with van der Waals surface area (Å²) in [4.78, 5) is 2.96. The van der Waals surface area contributed by atoms with Gasteiger partial charge >= 0.3 is 0 Å². The predicted octanol–water partition coefficient (Wildman–Crippen LogP) is 3.03. The first-order valence-corrected chi connectivity index (χ1v) is 9.24. The molecule has 22 heavy (non-hydrogen) atoms. The van der Waals surface area contributed by atoms with Gasteiger partial charge in [-0.25, -0.2) is 0 Å². The van der Waals surface area contributed by atoms with Gasteiger partial charge in [-0.15, -0.1) is 11.8 Å². The summed E-state index contributed by atoms with van der Waals surface area (Å²) in [7, 11) is 0. The summed E-state index contributed by atoms with van der Waals surface area (Å²) in [5, 5.41) is 0. The van der Waals surface area contributed by atoms with Crippen LogP contribution in [0.4, 0.5) is 0 Å². The molecule has 0 amide bonds. The van der Waals surface area contributed by atoms with Gasteiger partial charge in [-0.05, 0) is 30.5 Å². The molecule has 1 N–H and O–H groups in total. The van der Waals surface area contributed by atoms with Crippen molar-refractivity contribution >= 4 is 11.8 Å². The molecule has 2 aromatic rings. The molecule has 1 aliphatic heterocycles. The first-order valence-electron chi connectivity index (χ1n) is 8.01.